The number of hydrogen-bond acceptors (Lipinski definition) is 5. The Labute approximate surface area is 147 Å². The van der Waals surface area contributed by atoms with Crippen molar-refractivity contribution in [3.8, 4) is 11.5 Å². The Morgan fingerprint density at radius 1 is 1.40 bits per heavy atom. The highest BCUT2D eigenvalue weighted by atomic mass is 16.5. The number of hydrogen-bond donors (Lipinski definition) is 2. The number of amides is 1. The van der Waals surface area contributed by atoms with Crippen LogP contribution in [0.5, 0.6) is 11.5 Å². The number of carbonyl (C=O) groups excluding carboxylic acids is 1. The minimum absolute atomic E-state index is 0.0223. The second kappa shape index (κ2) is 7.13. The van der Waals surface area contributed by atoms with E-state index in [1.807, 2.05) is 20.8 Å². The van der Waals surface area contributed by atoms with Gasteiger partial charge >= 0.3 is 0 Å². The van der Waals surface area contributed by atoms with Crippen LogP contribution in [0.3, 0.4) is 0 Å². The van der Waals surface area contributed by atoms with E-state index in [2.05, 4.69) is 20.1 Å². The molecule has 1 aromatic heterocycles. The first-order valence-corrected chi connectivity index (χ1v) is 8.56. The fourth-order valence-corrected chi connectivity index (χ4v) is 2.93. The lowest BCUT2D eigenvalue weighted by Gasteiger charge is -2.13. The molecule has 1 amide bonds. The van der Waals surface area contributed by atoms with Gasteiger partial charge in [0.25, 0.3) is 5.91 Å². The molecule has 7 heteroatoms. The van der Waals surface area contributed by atoms with E-state index in [0.29, 0.717) is 36.3 Å². The molecule has 0 saturated heterocycles. The number of aromatic nitrogens is 3. The van der Waals surface area contributed by atoms with Crippen molar-refractivity contribution in [3.05, 3.63) is 35.4 Å². The molecule has 1 aliphatic rings. The molecule has 7 nitrogen and oxygen atoms in total. The van der Waals surface area contributed by atoms with Crippen LogP contribution in [-0.4, -0.2) is 38.9 Å². The summed E-state index contributed by atoms with van der Waals surface area (Å²) >= 11 is 0. The van der Waals surface area contributed by atoms with Gasteiger partial charge in [0.2, 0.25) is 0 Å². The normalized spacial score (nSPS) is 16.1. The Balaban J connectivity index is 1.58. The molecule has 134 valence electrons. The standard InChI is InChI=1S/C18H24N4O3/c1-11(2)10-25-16-6-14(5-15(23)7-16)18(24)19-8-13-4-17-21-20-12(3)22(17)9-13/h5-7,11,13,23H,4,8-10H2,1-3H3,(H,19,24). The number of benzene rings is 1. The molecule has 0 bridgehead atoms. The molecular formula is C18H24N4O3. The summed E-state index contributed by atoms with van der Waals surface area (Å²) in [5.74, 6) is 2.86. The summed E-state index contributed by atoms with van der Waals surface area (Å²) in [6, 6.07) is 4.63. The molecule has 0 aliphatic carbocycles. The van der Waals surface area contributed by atoms with Crippen molar-refractivity contribution < 1.29 is 14.6 Å². The Kier molecular flexibility index (Phi) is 4.92. The SMILES string of the molecule is Cc1nnc2n1CC(CNC(=O)c1cc(O)cc(OCC(C)C)c1)C2. The van der Waals surface area contributed by atoms with Gasteiger partial charge in [-0.3, -0.25) is 4.79 Å². The van der Waals surface area contributed by atoms with Crippen molar-refractivity contribution in [3.63, 3.8) is 0 Å². The van der Waals surface area contributed by atoms with E-state index in [1.165, 1.54) is 12.1 Å². The smallest absolute Gasteiger partial charge is 0.251 e. The number of rotatable bonds is 6. The van der Waals surface area contributed by atoms with Gasteiger partial charge < -0.3 is 19.7 Å². The zero-order valence-corrected chi connectivity index (χ0v) is 14.8. The fraction of sp³-hybridized carbons (Fsp3) is 0.500. The summed E-state index contributed by atoms with van der Waals surface area (Å²) in [6.07, 6.45) is 0.809. The average Bonchev–Trinajstić information content (AvgIpc) is 3.12. The lowest BCUT2D eigenvalue weighted by molar-refractivity contribution is 0.0946. The number of phenols is 1. The molecule has 3 rings (SSSR count). The van der Waals surface area contributed by atoms with Crippen LogP contribution in [0.15, 0.2) is 18.2 Å². The third-order valence-corrected chi connectivity index (χ3v) is 4.21. The summed E-state index contributed by atoms with van der Waals surface area (Å²) in [4.78, 5) is 12.4. The maximum atomic E-state index is 12.4. The molecule has 0 radical (unpaired) electrons. The Morgan fingerprint density at radius 2 is 2.20 bits per heavy atom. The van der Waals surface area contributed by atoms with Gasteiger partial charge in [-0.05, 0) is 25.0 Å². The number of nitrogens with one attached hydrogen (secondary N) is 1. The molecule has 2 N–H and O–H groups in total. The van der Waals surface area contributed by atoms with Gasteiger partial charge in [0.15, 0.2) is 0 Å². The van der Waals surface area contributed by atoms with Crippen molar-refractivity contribution in [2.24, 2.45) is 11.8 Å². The highest BCUT2D eigenvalue weighted by molar-refractivity contribution is 5.95. The maximum absolute atomic E-state index is 12.4. The van der Waals surface area contributed by atoms with E-state index < -0.39 is 0 Å². The largest absolute Gasteiger partial charge is 0.508 e. The van der Waals surface area contributed by atoms with Crippen LogP contribution in [0.4, 0.5) is 0 Å². The molecule has 25 heavy (non-hydrogen) atoms. The first-order chi connectivity index (χ1) is 11.9. The number of aryl methyl sites for hydroxylation is 1. The molecular weight excluding hydrogens is 320 g/mol. The Morgan fingerprint density at radius 3 is 2.92 bits per heavy atom. The average molecular weight is 344 g/mol. The number of nitrogens with zero attached hydrogens (tertiary/aromatic N) is 3. The zero-order valence-electron chi connectivity index (χ0n) is 14.8. The highest BCUT2D eigenvalue weighted by Crippen LogP contribution is 2.23. The second-order valence-corrected chi connectivity index (χ2v) is 6.97. The Hall–Kier alpha value is -2.57. The van der Waals surface area contributed by atoms with E-state index in [0.717, 1.165) is 24.6 Å². The van der Waals surface area contributed by atoms with Gasteiger partial charge in [0, 0.05) is 37.1 Å². The van der Waals surface area contributed by atoms with Crippen LogP contribution in [0.1, 0.15) is 35.9 Å². The van der Waals surface area contributed by atoms with Crippen LogP contribution in [0, 0.1) is 18.8 Å². The highest BCUT2D eigenvalue weighted by Gasteiger charge is 2.25. The number of carbonyl (C=O) groups is 1. The predicted octanol–water partition coefficient (Wildman–Crippen LogP) is 1.93. The monoisotopic (exact) mass is 344 g/mol. The van der Waals surface area contributed by atoms with E-state index in [9.17, 15) is 9.90 Å². The van der Waals surface area contributed by atoms with Gasteiger partial charge in [0.1, 0.15) is 23.1 Å². The van der Waals surface area contributed by atoms with Gasteiger partial charge in [-0.25, -0.2) is 0 Å². The lowest BCUT2D eigenvalue weighted by Crippen LogP contribution is -2.30. The summed E-state index contributed by atoms with van der Waals surface area (Å²) in [7, 11) is 0. The number of ether oxygens (including phenoxy) is 1. The number of phenolic OH excluding ortho intramolecular Hbond substituents is 1. The third kappa shape index (κ3) is 4.10. The molecule has 0 fully saturated rings. The maximum Gasteiger partial charge on any atom is 0.251 e. The van der Waals surface area contributed by atoms with Crippen molar-refractivity contribution >= 4 is 5.91 Å². The topological polar surface area (TPSA) is 89.3 Å². The van der Waals surface area contributed by atoms with Crippen LogP contribution in [0.2, 0.25) is 0 Å². The molecule has 0 saturated carbocycles. The summed E-state index contributed by atoms with van der Waals surface area (Å²) in [5.41, 5.74) is 0.396. The van der Waals surface area contributed by atoms with E-state index >= 15 is 0 Å². The van der Waals surface area contributed by atoms with Crippen LogP contribution in [0.25, 0.3) is 0 Å². The van der Waals surface area contributed by atoms with Crippen LogP contribution >= 0.6 is 0 Å². The molecule has 1 atom stereocenters. The zero-order chi connectivity index (χ0) is 18.0. The van der Waals surface area contributed by atoms with E-state index in [-0.39, 0.29) is 11.7 Å². The second-order valence-electron chi connectivity index (χ2n) is 6.97. The third-order valence-electron chi connectivity index (χ3n) is 4.21. The molecule has 1 unspecified atom stereocenters. The minimum Gasteiger partial charge on any atom is -0.508 e. The van der Waals surface area contributed by atoms with E-state index in [4.69, 9.17) is 4.74 Å². The van der Waals surface area contributed by atoms with Crippen LogP contribution < -0.4 is 10.1 Å². The van der Waals surface area contributed by atoms with Crippen molar-refractivity contribution in [1.29, 1.82) is 0 Å². The minimum atomic E-state index is -0.218. The quantitative estimate of drug-likeness (QED) is 0.836. The molecule has 0 spiro atoms. The van der Waals surface area contributed by atoms with Crippen molar-refractivity contribution in [2.75, 3.05) is 13.2 Å². The van der Waals surface area contributed by atoms with Gasteiger partial charge in [-0.15, -0.1) is 10.2 Å². The molecule has 2 heterocycles. The van der Waals surface area contributed by atoms with Gasteiger partial charge in [-0.2, -0.15) is 0 Å². The van der Waals surface area contributed by atoms with E-state index in [1.54, 1.807) is 6.07 Å². The first-order valence-electron chi connectivity index (χ1n) is 8.56. The predicted molar refractivity (Wildman–Crippen MR) is 92.7 cm³/mol. The Bertz CT molecular complexity index is 770. The van der Waals surface area contributed by atoms with Gasteiger partial charge in [0.05, 0.1) is 6.61 Å². The first kappa shape index (κ1) is 17.3. The summed E-state index contributed by atoms with van der Waals surface area (Å²) in [5, 5.41) is 21.0. The summed E-state index contributed by atoms with van der Waals surface area (Å²) < 4.78 is 7.69. The van der Waals surface area contributed by atoms with Crippen LogP contribution in [-0.2, 0) is 13.0 Å². The fourth-order valence-electron chi connectivity index (χ4n) is 2.93. The van der Waals surface area contributed by atoms with Crippen molar-refractivity contribution in [2.45, 2.75) is 33.7 Å². The van der Waals surface area contributed by atoms with Gasteiger partial charge in [-0.1, -0.05) is 13.8 Å². The number of fused-ring (bicyclic) bond motifs is 1. The lowest BCUT2D eigenvalue weighted by atomic mass is 10.1. The summed E-state index contributed by atoms with van der Waals surface area (Å²) in [6.45, 7) is 7.92. The number of aromatic hydroxyl groups is 1. The molecule has 2 aromatic rings. The van der Waals surface area contributed by atoms with Crippen molar-refractivity contribution in [1.82, 2.24) is 20.1 Å². The molecule has 1 aliphatic heterocycles. The molecule has 1 aromatic carbocycles.